The lowest BCUT2D eigenvalue weighted by atomic mass is 9.92. The van der Waals surface area contributed by atoms with Gasteiger partial charge in [0.25, 0.3) is 5.91 Å². The van der Waals surface area contributed by atoms with Gasteiger partial charge in [0.05, 0.1) is 12.3 Å². The zero-order chi connectivity index (χ0) is 17.9. The van der Waals surface area contributed by atoms with Gasteiger partial charge in [-0.3, -0.25) is 4.79 Å². The number of benzene rings is 3. The van der Waals surface area contributed by atoms with E-state index in [-0.39, 0.29) is 17.4 Å². The molecule has 0 aliphatic rings. The minimum absolute atomic E-state index is 0.136. The van der Waals surface area contributed by atoms with E-state index in [4.69, 9.17) is 4.42 Å². The molecule has 0 radical (unpaired) electrons. The summed E-state index contributed by atoms with van der Waals surface area (Å²) in [5.41, 5.74) is 1.54. The average molecular weight is 343 g/mol. The van der Waals surface area contributed by atoms with E-state index in [0.717, 1.165) is 16.3 Å². The first-order valence-corrected chi connectivity index (χ1v) is 8.34. The van der Waals surface area contributed by atoms with Crippen LogP contribution < -0.4 is 5.32 Å². The van der Waals surface area contributed by atoms with Gasteiger partial charge in [-0.25, -0.2) is 0 Å². The van der Waals surface area contributed by atoms with Crippen LogP contribution in [0.4, 0.5) is 0 Å². The van der Waals surface area contributed by atoms with E-state index in [9.17, 15) is 9.90 Å². The fourth-order valence-electron chi connectivity index (χ4n) is 3.17. The number of amides is 1. The molecule has 0 fully saturated rings. The number of hydrogen-bond acceptors (Lipinski definition) is 3. The summed E-state index contributed by atoms with van der Waals surface area (Å²) in [5, 5.41) is 15.5. The molecule has 1 amide bonds. The molecular formula is C22H17NO3. The van der Waals surface area contributed by atoms with Crippen LogP contribution in [0.15, 0.2) is 89.5 Å². The molecule has 1 heterocycles. The van der Waals surface area contributed by atoms with Gasteiger partial charge in [0.2, 0.25) is 0 Å². The molecule has 128 valence electrons. The van der Waals surface area contributed by atoms with Crippen LogP contribution >= 0.6 is 0 Å². The number of aromatic hydroxyl groups is 1. The number of fused-ring (bicyclic) bond motifs is 1. The summed E-state index contributed by atoms with van der Waals surface area (Å²) in [4.78, 5) is 12.6. The van der Waals surface area contributed by atoms with Crippen LogP contribution in [0.1, 0.15) is 27.7 Å². The van der Waals surface area contributed by atoms with Crippen molar-refractivity contribution in [1.82, 2.24) is 5.32 Å². The van der Waals surface area contributed by atoms with Crippen molar-refractivity contribution in [3.05, 3.63) is 102 Å². The minimum Gasteiger partial charge on any atom is -0.508 e. The van der Waals surface area contributed by atoms with E-state index in [1.54, 1.807) is 18.2 Å². The van der Waals surface area contributed by atoms with Crippen molar-refractivity contribution < 1.29 is 14.3 Å². The van der Waals surface area contributed by atoms with Gasteiger partial charge >= 0.3 is 0 Å². The van der Waals surface area contributed by atoms with Crippen LogP contribution in [0, 0.1) is 0 Å². The van der Waals surface area contributed by atoms with E-state index in [0.29, 0.717) is 5.56 Å². The Kier molecular flexibility index (Phi) is 4.15. The Balaban J connectivity index is 1.86. The fourth-order valence-corrected chi connectivity index (χ4v) is 3.17. The first kappa shape index (κ1) is 16.0. The Morgan fingerprint density at radius 3 is 2.42 bits per heavy atom. The number of phenolic OH excluding ortho intramolecular Hbond substituents is 1. The number of nitrogens with one attached hydrogen (secondary N) is 1. The largest absolute Gasteiger partial charge is 0.508 e. The van der Waals surface area contributed by atoms with E-state index in [1.807, 2.05) is 60.7 Å². The van der Waals surface area contributed by atoms with E-state index >= 15 is 0 Å². The quantitative estimate of drug-likeness (QED) is 0.566. The number of rotatable bonds is 4. The molecule has 0 saturated carbocycles. The summed E-state index contributed by atoms with van der Waals surface area (Å²) < 4.78 is 5.21. The van der Waals surface area contributed by atoms with Crippen molar-refractivity contribution in [3.63, 3.8) is 0 Å². The van der Waals surface area contributed by atoms with E-state index in [1.165, 1.54) is 6.26 Å². The van der Waals surface area contributed by atoms with Crippen LogP contribution in [-0.4, -0.2) is 11.0 Å². The average Bonchev–Trinajstić information content (AvgIpc) is 3.22. The fraction of sp³-hybridized carbons (Fsp3) is 0.0455. The first-order chi connectivity index (χ1) is 12.7. The molecule has 0 aliphatic heterocycles. The molecule has 0 aliphatic carbocycles. The van der Waals surface area contributed by atoms with Crippen molar-refractivity contribution in [3.8, 4) is 5.75 Å². The molecule has 4 nitrogen and oxygen atoms in total. The van der Waals surface area contributed by atoms with Crippen LogP contribution in [0.5, 0.6) is 5.75 Å². The Bertz CT molecular complexity index is 1040. The lowest BCUT2D eigenvalue weighted by Gasteiger charge is -2.22. The van der Waals surface area contributed by atoms with Crippen LogP contribution in [0.3, 0.4) is 0 Å². The molecule has 0 spiro atoms. The Morgan fingerprint density at radius 1 is 0.885 bits per heavy atom. The van der Waals surface area contributed by atoms with Gasteiger partial charge in [-0.1, -0.05) is 60.7 Å². The topological polar surface area (TPSA) is 62.5 Å². The molecule has 4 rings (SSSR count). The third-order valence-corrected chi connectivity index (χ3v) is 4.39. The lowest BCUT2D eigenvalue weighted by Crippen LogP contribution is -2.29. The molecule has 4 heteroatoms. The highest BCUT2D eigenvalue weighted by atomic mass is 16.3. The summed E-state index contributed by atoms with van der Waals surface area (Å²) in [6.45, 7) is 0. The number of carbonyl (C=O) groups is 1. The van der Waals surface area contributed by atoms with Crippen LogP contribution in [0.25, 0.3) is 10.8 Å². The highest BCUT2D eigenvalue weighted by Crippen LogP contribution is 2.35. The van der Waals surface area contributed by atoms with Crippen molar-refractivity contribution in [2.75, 3.05) is 0 Å². The maximum absolute atomic E-state index is 12.6. The highest BCUT2D eigenvalue weighted by molar-refractivity contribution is 5.94. The van der Waals surface area contributed by atoms with Gasteiger partial charge < -0.3 is 14.8 Å². The predicted octanol–water partition coefficient (Wildman–Crippen LogP) is 4.66. The minimum atomic E-state index is -0.514. The summed E-state index contributed by atoms with van der Waals surface area (Å²) >= 11 is 0. The van der Waals surface area contributed by atoms with Crippen molar-refractivity contribution in [1.29, 1.82) is 0 Å². The predicted molar refractivity (Wildman–Crippen MR) is 100 cm³/mol. The normalized spacial score (nSPS) is 12.0. The van der Waals surface area contributed by atoms with E-state index < -0.39 is 6.04 Å². The molecule has 1 aromatic heterocycles. The standard InChI is InChI=1S/C22H17NO3/c24-18-13-12-15-7-4-5-10-17(15)20(18)21(16-8-2-1-3-9-16)23-22(25)19-11-6-14-26-19/h1-14,21,24H,(H,23,25). The lowest BCUT2D eigenvalue weighted by molar-refractivity contribution is 0.0915. The number of phenols is 1. The molecule has 2 N–H and O–H groups in total. The second-order valence-electron chi connectivity index (χ2n) is 6.01. The molecule has 1 atom stereocenters. The third-order valence-electron chi connectivity index (χ3n) is 4.39. The van der Waals surface area contributed by atoms with Gasteiger partial charge in [0.15, 0.2) is 5.76 Å². The molecule has 0 bridgehead atoms. The summed E-state index contributed by atoms with van der Waals surface area (Å²) in [6, 6.07) is 23.7. The molecule has 1 unspecified atom stereocenters. The Labute approximate surface area is 150 Å². The van der Waals surface area contributed by atoms with Gasteiger partial charge in [-0.15, -0.1) is 0 Å². The molecule has 3 aromatic carbocycles. The Hall–Kier alpha value is -3.53. The van der Waals surface area contributed by atoms with Crippen molar-refractivity contribution in [2.45, 2.75) is 6.04 Å². The zero-order valence-corrected chi connectivity index (χ0v) is 13.9. The maximum Gasteiger partial charge on any atom is 0.287 e. The highest BCUT2D eigenvalue weighted by Gasteiger charge is 2.23. The number of carbonyl (C=O) groups excluding carboxylic acids is 1. The third kappa shape index (κ3) is 2.93. The second kappa shape index (κ2) is 6.76. The van der Waals surface area contributed by atoms with Gasteiger partial charge in [-0.2, -0.15) is 0 Å². The number of hydrogen-bond donors (Lipinski definition) is 2. The molecule has 26 heavy (non-hydrogen) atoms. The molecule has 0 saturated heterocycles. The summed E-state index contributed by atoms with van der Waals surface area (Å²) in [5.74, 6) is 0.0270. The van der Waals surface area contributed by atoms with Gasteiger partial charge in [-0.05, 0) is 34.5 Å². The zero-order valence-electron chi connectivity index (χ0n) is 13.9. The van der Waals surface area contributed by atoms with Gasteiger partial charge in [0.1, 0.15) is 5.75 Å². The summed E-state index contributed by atoms with van der Waals surface area (Å²) in [7, 11) is 0. The maximum atomic E-state index is 12.6. The Morgan fingerprint density at radius 2 is 1.65 bits per heavy atom. The number of furan rings is 1. The van der Waals surface area contributed by atoms with Crippen molar-refractivity contribution >= 4 is 16.7 Å². The van der Waals surface area contributed by atoms with E-state index in [2.05, 4.69) is 5.32 Å². The smallest absolute Gasteiger partial charge is 0.287 e. The monoisotopic (exact) mass is 343 g/mol. The first-order valence-electron chi connectivity index (χ1n) is 8.34. The SMILES string of the molecule is O=C(NC(c1ccccc1)c1c(O)ccc2ccccc12)c1ccco1. The molecular weight excluding hydrogens is 326 g/mol. The van der Waals surface area contributed by atoms with Crippen molar-refractivity contribution in [2.24, 2.45) is 0 Å². The summed E-state index contributed by atoms with van der Waals surface area (Å²) in [6.07, 6.45) is 1.46. The van der Waals surface area contributed by atoms with Gasteiger partial charge in [0, 0.05) is 5.56 Å². The molecule has 4 aromatic rings. The van der Waals surface area contributed by atoms with Crippen LogP contribution in [-0.2, 0) is 0 Å². The van der Waals surface area contributed by atoms with Crippen LogP contribution in [0.2, 0.25) is 0 Å². The second-order valence-corrected chi connectivity index (χ2v) is 6.01.